The van der Waals surface area contributed by atoms with Gasteiger partial charge in [0, 0.05) is 12.2 Å². The lowest BCUT2D eigenvalue weighted by atomic mass is 10.1. The van der Waals surface area contributed by atoms with E-state index in [4.69, 9.17) is 9.47 Å². The van der Waals surface area contributed by atoms with Crippen molar-refractivity contribution in [2.24, 2.45) is 0 Å². The van der Waals surface area contributed by atoms with E-state index in [9.17, 15) is 4.79 Å². The van der Waals surface area contributed by atoms with Gasteiger partial charge in [-0.15, -0.1) is 0 Å². The molecule has 2 aromatic carbocycles. The molecule has 0 fully saturated rings. The van der Waals surface area contributed by atoms with Crippen molar-refractivity contribution >= 4 is 17.3 Å². The Morgan fingerprint density at radius 3 is 2.45 bits per heavy atom. The maximum absolute atomic E-state index is 12.4. The predicted molar refractivity (Wildman–Crippen MR) is 114 cm³/mol. The molecule has 1 amide bonds. The first kappa shape index (κ1) is 20.2. The largest absolute Gasteiger partial charge is 0.493 e. The second-order valence-electron chi connectivity index (χ2n) is 6.75. The lowest BCUT2D eigenvalue weighted by Crippen LogP contribution is -2.23. The van der Waals surface area contributed by atoms with Gasteiger partial charge in [0.05, 0.1) is 26.1 Å². The highest BCUT2D eigenvalue weighted by Gasteiger charge is 2.09. The van der Waals surface area contributed by atoms with Crippen LogP contribution in [-0.4, -0.2) is 25.1 Å². The van der Waals surface area contributed by atoms with Crippen LogP contribution in [0.3, 0.4) is 0 Å². The first-order chi connectivity index (χ1) is 14.0. The van der Waals surface area contributed by atoms with Gasteiger partial charge in [-0.25, -0.2) is 4.98 Å². The Morgan fingerprint density at radius 2 is 1.76 bits per heavy atom. The van der Waals surface area contributed by atoms with Gasteiger partial charge >= 0.3 is 0 Å². The van der Waals surface area contributed by atoms with Crippen molar-refractivity contribution in [3.05, 3.63) is 77.1 Å². The van der Waals surface area contributed by atoms with Crippen LogP contribution in [0.15, 0.2) is 54.7 Å². The first-order valence-electron chi connectivity index (χ1n) is 9.29. The van der Waals surface area contributed by atoms with Gasteiger partial charge in [-0.05, 0) is 60.9 Å². The number of rotatable bonds is 7. The summed E-state index contributed by atoms with van der Waals surface area (Å²) in [6.07, 6.45) is 1.66. The molecule has 0 saturated carbocycles. The number of pyridine rings is 1. The van der Waals surface area contributed by atoms with Gasteiger partial charge < -0.3 is 20.1 Å². The Morgan fingerprint density at radius 1 is 0.966 bits per heavy atom. The molecule has 1 aromatic heterocycles. The summed E-state index contributed by atoms with van der Waals surface area (Å²) in [5.41, 5.74) is 5.44. The number of nitrogens with one attached hydrogen (secondary N) is 2. The molecule has 0 saturated heterocycles. The highest BCUT2D eigenvalue weighted by molar-refractivity contribution is 5.92. The number of aromatic nitrogens is 1. The van der Waals surface area contributed by atoms with Crippen molar-refractivity contribution in [3.63, 3.8) is 0 Å². The number of amides is 1. The van der Waals surface area contributed by atoms with Crippen LogP contribution in [0.5, 0.6) is 11.5 Å². The van der Waals surface area contributed by atoms with E-state index in [0.29, 0.717) is 23.7 Å². The molecule has 6 heteroatoms. The van der Waals surface area contributed by atoms with E-state index in [0.717, 1.165) is 22.5 Å². The van der Waals surface area contributed by atoms with Gasteiger partial charge in [-0.2, -0.15) is 0 Å². The summed E-state index contributed by atoms with van der Waals surface area (Å²) in [5, 5.41) is 6.21. The van der Waals surface area contributed by atoms with Crippen LogP contribution in [0.2, 0.25) is 0 Å². The quantitative estimate of drug-likeness (QED) is 0.625. The van der Waals surface area contributed by atoms with Crippen LogP contribution < -0.4 is 20.1 Å². The van der Waals surface area contributed by atoms with Crippen LogP contribution in [0.4, 0.5) is 11.4 Å². The fraction of sp³-hybridized carbons (Fsp3) is 0.217. The molecule has 1 heterocycles. The SMILES string of the molecule is COc1ccc(CNC(=O)c2ccc(Nc3cc(C)ccc3C)cn2)cc1OC. The minimum absolute atomic E-state index is 0.238. The zero-order chi connectivity index (χ0) is 20.8. The molecule has 0 radical (unpaired) electrons. The molecule has 0 aliphatic heterocycles. The summed E-state index contributed by atoms with van der Waals surface area (Å²) in [4.78, 5) is 16.7. The second-order valence-corrected chi connectivity index (χ2v) is 6.75. The Bertz CT molecular complexity index is 1000. The van der Waals surface area contributed by atoms with E-state index in [1.54, 1.807) is 26.5 Å². The molecular formula is C23H25N3O3. The monoisotopic (exact) mass is 391 g/mol. The standard InChI is InChI=1S/C23H25N3O3/c1-15-5-6-16(2)20(11-15)26-18-8-9-19(24-14-18)23(27)25-13-17-7-10-21(28-3)22(12-17)29-4/h5-12,14,26H,13H2,1-4H3,(H,25,27). The van der Waals surface area contributed by atoms with Crippen LogP contribution in [0.1, 0.15) is 27.2 Å². The van der Waals surface area contributed by atoms with Gasteiger partial charge in [0.25, 0.3) is 5.91 Å². The van der Waals surface area contributed by atoms with Crippen molar-refractivity contribution in [1.29, 1.82) is 0 Å². The van der Waals surface area contributed by atoms with Crippen LogP contribution in [0.25, 0.3) is 0 Å². The van der Waals surface area contributed by atoms with E-state index in [1.165, 1.54) is 5.56 Å². The molecular weight excluding hydrogens is 366 g/mol. The van der Waals surface area contributed by atoms with Gasteiger partial charge in [0.2, 0.25) is 0 Å². The van der Waals surface area contributed by atoms with E-state index in [1.807, 2.05) is 31.2 Å². The van der Waals surface area contributed by atoms with E-state index in [2.05, 4.69) is 40.7 Å². The molecule has 0 bridgehead atoms. The second kappa shape index (κ2) is 9.10. The molecule has 0 aliphatic carbocycles. The summed E-state index contributed by atoms with van der Waals surface area (Å²) < 4.78 is 10.5. The van der Waals surface area contributed by atoms with Crippen molar-refractivity contribution in [1.82, 2.24) is 10.3 Å². The normalized spacial score (nSPS) is 10.3. The van der Waals surface area contributed by atoms with Gasteiger partial charge in [-0.3, -0.25) is 4.79 Å². The number of benzene rings is 2. The Balaban J connectivity index is 1.62. The summed E-state index contributed by atoms with van der Waals surface area (Å²) in [5.74, 6) is 1.04. The highest BCUT2D eigenvalue weighted by atomic mass is 16.5. The van der Waals surface area contributed by atoms with Gasteiger partial charge in [0.15, 0.2) is 11.5 Å². The summed E-state index contributed by atoms with van der Waals surface area (Å²) in [6, 6.07) is 15.3. The molecule has 2 N–H and O–H groups in total. The fourth-order valence-corrected chi connectivity index (χ4v) is 2.89. The van der Waals surface area contributed by atoms with Crippen molar-refractivity contribution in [2.75, 3.05) is 19.5 Å². The third kappa shape index (κ3) is 5.04. The molecule has 3 rings (SSSR count). The number of aryl methyl sites for hydroxylation is 2. The van der Waals surface area contributed by atoms with Crippen LogP contribution in [-0.2, 0) is 6.54 Å². The number of anilines is 2. The summed E-state index contributed by atoms with van der Waals surface area (Å²) in [6.45, 7) is 4.46. The number of nitrogens with zero attached hydrogens (tertiary/aromatic N) is 1. The Hall–Kier alpha value is -3.54. The lowest BCUT2D eigenvalue weighted by molar-refractivity contribution is 0.0946. The summed E-state index contributed by atoms with van der Waals surface area (Å²) in [7, 11) is 3.17. The van der Waals surface area contributed by atoms with E-state index < -0.39 is 0 Å². The van der Waals surface area contributed by atoms with Crippen LogP contribution >= 0.6 is 0 Å². The molecule has 0 spiro atoms. The van der Waals surface area contributed by atoms with E-state index >= 15 is 0 Å². The minimum Gasteiger partial charge on any atom is -0.493 e. The fourth-order valence-electron chi connectivity index (χ4n) is 2.89. The maximum Gasteiger partial charge on any atom is 0.270 e. The number of methoxy groups -OCH3 is 2. The number of carbonyl (C=O) groups excluding carboxylic acids is 1. The maximum atomic E-state index is 12.4. The molecule has 29 heavy (non-hydrogen) atoms. The average molecular weight is 391 g/mol. The first-order valence-corrected chi connectivity index (χ1v) is 9.29. The molecule has 0 atom stereocenters. The third-order valence-corrected chi connectivity index (χ3v) is 4.57. The Kier molecular flexibility index (Phi) is 6.34. The molecule has 0 aliphatic rings. The van der Waals surface area contributed by atoms with Crippen molar-refractivity contribution in [3.8, 4) is 11.5 Å². The third-order valence-electron chi connectivity index (χ3n) is 4.57. The van der Waals surface area contributed by atoms with Crippen molar-refractivity contribution in [2.45, 2.75) is 20.4 Å². The van der Waals surface area contributed by atoms with Crippen molar-refractivity contribution < 1.29 is 14.3 Å². The number of carbonyl (C=O) groups is 1. The zero-order valence-corrected chi connectivity index (χ0v) is 17.1. The van der Waals surface area contributed by atoms with Gasteiger partial charge in [0.1, 0.15) is 5.69 Å². The van der Waals surface area contributed by atoms with Crippen LogP contribution in [0, 0.1) is 13.8 Å². The molecule has 0 unspecified atom stereocenters. The highest BCUT2D eigenvalue weighted by Crippen LogP contribution is 2.27. The molecule has 150 valence electrons. The summed E-state index contributed by atoms with van der Waals surface area (Å²) >= 11 is 0. The minimum atomic E-state index is -0.238. The topological polar surface area (TPSA) is 72.5 Å². The lowest BCUT2D eigenvalue weighted by Gasteiger charge is -2.11. The Labute approximate surface area is 170 Å². The van der Waals surface area contributed by atoms with Gasteiger partial charge in [-0.1, -0.05) is 18.2 Å². The number of hydrogen-bond acceptors (Lipinski definition) is 5. The predicted octanol–water partition coefficient (Wildman–Crippen LogP) is 4.39. The van der Waals surface area contributed by atoms with E-state index in [-0.39, 0.29) is 5.91 Å². The number of hydrogen-bond donors (Lipinski definition) is 2. The molecule has 3 aromatic rings. The average Bonchev–Trinajstić information content (AvgIpc) is 2.74. The number of ether oxygens (including phenoxy) is 2. The zero-order valence-electron chi connectivity index (χ0n) is 17.1. The smallest absolute Gasteiger partial charge is 0.270 e. The molecule has 6 nitrogen and oxygen atoms in total.